The van der Waals surface area contributed by atoms with Gasteiger partial charge in [-0.05, 0) is 55.0 Å². The molecule has 0 aliphatic carbocycles. The highest BCUT2D eigenvalue weighted by Gasteiger charge is 2.80. The third-order valence-electron chi connectivity index (χ3n) is 9.50. The van der Waals surface area contributed by atoms with Crippen molar-refractivity contribution in [2.24, 2.45) is 17.8 Å². The van der Waals surface area contributed by atoms with E-state index >= 15 is 0 Å². The van der Waals surface area contributed by atoms with Crippen LogP contribution in [0.2, 0.25) is 0 Å². The van der Waals surface area contributed by atoms with Crippen molar-refractivity contribution < 1.29 is 29.0 Å². The molecule has 2 aromatic rings. The van der Waals surface area contributed by atoms with Crippen LogP contribution in [0.1, 0.15) is 40.0 Å². The highest BCUT2D eigenvalue weighted by atomic mass is 16.6. The van der Waals surface area contributed by atoms with E-state index in [1.54, 1.807) is 17.1 Å². The molecule has 2 bridgehead atoms. The van der Waals surface area contributed by atoms with E-state index in [0.717, 1.165) is 10.8 Å². The molecule has 3 heterocycles. The number of anilines is 1. The van der Waals surface area contributed by atoms with Crippen molar-refractivity contribution >= 4 is 34.2 Å². The Morgan fingerprint density at radius 1 is 1.22 bits per heavy atom. The van der Waals surface area contributed by atoms with E-state index in [0.29, 0.717) is 24.9 Å². The van der Waals surface area contributed by atoms with Gasteiger partial charge in [-0.3, -0.25) is 14.4 Å². The van der Waals surface area contributed by atoms with Gasteiger partial charge >= 0.3 is 5.97 Å². The summed E-state index contributed by atoms with van der Waals surface area (Å²) in [6, 6.07) is 12.1. The molecule has 2 amide bonds. The zero-order valence-corrected chi connectivity index (χ0v) is 24.1. The molecule has 0 saturated carbocycles. The quantitative estimate of drug-likeness (QED) is 0.251. The molecule has 3 saturated heterocycles. The molecule has 7 atom stereocenters. The SMILES string of the molecule is C=CCCOC(=O)[C@H]1[C@H]2C(=O)N([C@@H](CC)CO)C(C(=O)N(CC=C)c3ccc4ccccc4c3)C23CC(C)[C@]1(C)O3. The Balaban J connectivity index is 1.62. The maximum atomic E-state index is 14.8. The summed E-state index contributed by atoms with van der Waals surface area (Å²) in [6.45, 7) is 13.4. The normalized spacial score (nSPS) is 30.7. The van der Waals surface area contributed by atoms with Crippen molar-refractivity contribution in [2.75, 3.05) is 24.7 Å². The molecule has 8 heteroatoms. The minimum absolute atomic E-state index is 0.110. The van der Waals surface area contributed by atoms with Crippen LogP contribution in [0.4, 0.5) is 5.69 Å². The summed E-state index contributed by atoms with van der Waals surface area (Å²) >= 11 is 0. The number of fused-ring (bicyclic) bond motifs is 2. The Kier molecular flexibility index (Phi) is 7.83. The first kappa shape index (κ1) is 29.0. The van der Waals surface area contributed by atoms with Crippen LogP contribution < -0.4 is 4.90 Å². The second-order valence-corrected chi connectivity index (χ2v) is 11.7. The minimum Gasteiger partial charge on any atom is -0.465 e. The van der Waals surface area contributed by atoms with E-state index in [-0.39, 0.29) is 37.5 Å². The van der Waals surface area contributed by atoms with E-state index in [9.17, 15) is 19.5 Å². The van der Waals surface area contributed by atoms with E-state index in [1.165, 1.54) is 4.90 Å². The fourth-order valence-corrected chi connectivity index (χ4v) is 7.40. The Bertz CT molecular complexity index is 1370. The van der Waals surface area contributed by atoms with Crippen LogP contribution in [-0.2, 0) is 23.9 Å². The Hall–Kier alpha value is -3.49. The number of ether oxygens (including phenoxy) is 2. The number of hydrogen-bond acceptors (Lipinski definition) is 6. The van der Waals surface area contributed by atoms with Gasteiger partial charge in [-0.2, -0.15) is 0 Å². The van der Waals surface area contributed by atoms with Gasteiger partial charge in [0.05, 0.1) is 30.8 Å². The standard InChI is InChI=1S/C33H40N2O6/c1-6-9-17-40-31(39)27-26-29(37)35(24(8-3)20-36)28(33(26)19-21(4)32(27,5)41-33)30(38)34(16-7-2)25-15-14-22-12-10-11-13-23(22)18-25/h6-7,10-15,18,21,24,26-28,36H,1-2,8-9,16-17,19-20H2,3-5H3/t21?,24-,26-,27+,28?,32-,33?/m0/s1. The fourth-order valence-electron chi connectivity index (χ4n) is 7.40. The molecular formula is C33H40N2O6. The van der Waals surface area contributed by atoms with Crippen LogP contribution in [0.25, 0.3) is 10.8 Å². The largest absolute Gasteiger partial charge is 0.465 e. The summed E-state index contributed by atoms with van der Waals surface area (Å²) in [5, 5.41) is 12.4. The average molecular weight is 561 g/mol. The summed E-state index contributed by atoms with van der Waals surface area (Å²) in [5.74, 6) is -3.03. The molecule has 3 fully saturated rings. The van der Waals surface area contributed by atoms with Crippen molar-refractivity contribution in [3.8, 4) is 0 Å². The average Bonchev–Trinajstić information content (AvgIpc) is 3.48. The zero-order chi connectivity index (χ0) is 29.5. The van der Waals surface area contributed by atoms with Gasteiger partial charge in [0.2, 0.25) is 5.91 Å². The molecule has 218 valence electrons. The monoisotopic (exact) mass is 560 g/mol. The van der Waals surface area contributed by atoms with Gasteiger partial charge in [-0.15, -0.1) is 13.2 Å². The van der Waals surface area contributed by atoms with Crippen LogP contribution in [-0.4, -0.2) is 70.8 Å². The maximum Gasteiger partial charge on any atom is 0.312 e. The van der Waals surface area contributed by atoms with Gasteiger partial charge < -0.3 is 24.4 Å². The second-order valence-electron chi connectivity index (χ2n) is 11.7. The van der Waals surface area contributed by atoms with Crippen molar-refractivity contribution in [1.29, 1.82) is 0 Å². The van der Waals surface area contributed by atoms with Gasteiger partial charge in [0.25, 0.3) is 5.91 Å². The summed E-state index contributed by atoms with van der Waals surface area (Å²) in [5.41, 5.74) is -1.53. The van der Waals surface area contributed by atoms with Gasteiger partial charge in [0, 0.05) is 12.2 Å². The molecule has 5 rings (SSSR count). The smallest absolute Gasteiger partial charge is 0.312 e. The van der Waals surface area contributed by atoms with Crippen LogP contribution in [0.5, 0.6) is 0 Å². The first-order valence-corrected chi connectivity index (χ1v) is 14.5. The molecule has 8 nitrogen and oxygen atoms in total. The van der Waals surface area contributed by atoms with Gasteiger partial charge in [-0.1, -0.05) is 56.3 Å². The third kappa shape index (κ3) is 4.39. The molecule has 41 heavy (non-hydrogen) atoms. The predicted octanol–water partition coefficient (Wildman–Crippen LogP) is 4.26. The lowest BCUT2D eigenvalue weighted by atomic mass is 9.62. The van der Waals surface area contributed by atoms with Gasteiger partial charge in [0.1, 0.15) is 17.6 Å². The number of aliphatic hydroxyl groups excluding tert-OH is 1. The highest BCUT2D eigenvalue weighted by molar-refractivity contribution is 6.05. The number of likely N-dealkylation sites (tertiary alicyclic amines) is 1. The second kappa shape index (κ2) is 11.1. The predicted molar refractivity (Wildman–Crippen MR) is 157 cm³/mol. The number of benzene rings is 2. The molecule has 0 aromatic heterocycles. The topological polar surface area (TPSA) is 96.4 Å². The maximum absolute atomic E-state index is 14.8. The first-order chi connectivity index (χ1) is 19.7. The zero-order valence-electron chi connectivity index (χ0n) is 24.1. The number of nitrogens with zero attached hydrogens (tertiary/aromatic N) is 2. The molecule has 2 aromatic carbocycles. The summed E-state index contributed by atoms with van der Waals surface area (Å²) in [7, 11) is 0. The number of esters is 1. The van der Waals surface area contributed by atoms with Crippen LogP contribution in [0.15, 0.2) is 67.8 Å². The lowest BCUT2D eigenvalue weighted by Crippen LogP contribution is -2.59. The van der Waals surface area contributed by atoms with E-state index in [1.807, 2.05) is 63.2 Å². The van der Waals surface area contributed by atoms with Crippen LogP contribution in [0.3, 0.4) is 0 Å². The molecule has 3 aliphatic heterocycles. The number of hydrogen-bond donors (Lipinski definition) is 1. The first-order valence-electron chi connectivity index (χ1n) is 14.5. The molecule has 1 spiro atoms. The minimum atomic E-state index is -1.23. The summed E-state index contributed by atoms with van der Waals surface area (Å²) in [4.78, 5) is 45.8. The number of aliphatic hydroxyl groups is 1. The number of amides is 2. The number of carbonyl (C=O) groups is 3. The van der Waals surface area contributed by atoms with Gasteiger partial charge in [-0.25, -0.2) is 0 Å². The summed E-state index contributed by atoms with van der Waals surface area (Å²) in [6.07, 6.45) is 4.69. The van der Waals surface area contributed by atoms with E-state index in [2.05, 4.69) is 13.2 Å². The van der Waals surface area contributed by atoms with Crippen molar-refractivity contribution in [3.05, 3.63) is 67.8 Å². The summed E-state index contributed by atoms with van der Waals surface area (Å²) < 4.78 is 12.4. The Morgan fingerprint density at radius 2 is 1.95 bits per heavy atom. The van der Waals surface area contributed by atoms with E-state index < -0.39 is 41.1 Å². The fraction of sp³-hybridized carbons (Fsp3) is 0.485. The molecule has 3 unspecified atom stereocenters. The van der Waals surface area contributed by atoms with Crippen molar-refractivity contribution in [2.45, 2.75) is 63.3 Å². The molecule has 0 radical (unpaired) electrons. The van der Waals surface area contributed by atoms with E-state index in [4.69, 9.17) is 9.47 Å². The van der Waals surface area contributed by atoms with Crippen LogP contribution >= 0.6 is 0 Å². The van der Waals surface area contributed by atoms with Crippen molar-refractivity contribution in [1.82, 2.24) is 4.90 Å². The number of carbonyl (C=O) groups excluding carboxylic acids is 3. The highest BCUT2D eigenvalue weighted by Crippen LogP contribution is 2.65. The lowest BCUT2D eigenvalue weighted by molar-refractivity contribution is -0.162. The molecular weight excluding hydrogens is 520 g/mol. The van der Waals surface area contributed by atoms with Gasteiger partial charge in [0.15, 0.2) is 0 Å². The Morgan fingerprint density at radius 3 is 2.61 bits per heavy atom. The molecule has 3 aliphatic rings. The lowest BCUT2D eigenvalue weighted by Gasteiger charge is -2.39. The third-order valence-corrected chi connectivity index (χ3v) is 9.50. The molecule has 1 N–H and O–H groups in total. The number of rotatable bonds is 11. The van der Waals surface area contributed by atoms with Crippen LogP contribution in [0, 0.1) is 17.8 Å². The van der Waals surface area contributed by atoms with Crippen molar-refractivity contribution in [3.63, 3.8) is 0 Å². The Labute approximate surface area is 241 Å².